The summed E-state index contributed by atoms with van der Waals surface area (Å²) in [5, 5.41) is 2.10. The Balaban J connectivity index is 1.16. The molecule has 1 amide bonds. The van der Waals surface area contributed by atoms with Gasteiger partial charge in [-0.2, -0.15) is 8.42 Å². The number of nitrogens with zero attached hydrogens (tertiary/aromatic N) is 4. The Hall–Kier alpha value is -2.23. The molecular formula is C22H26N4O3S2. The summed E-state index contributed by atoms with van der Waals surface area (Å²) in [6, 6.07) is 11.2. The third-order valence-electron chi connectivity index (χ3n) is 6.40. The van der Waals surface area contributed by atoms with E-state index in [9.17, 15) is 13.2 Å². The molecule has 3 aliphatic heterocycles. The van der Waals surface area contributed by atoms with Gasteiger partial charge in [-0.3, -0.25) is 9.69 Å². The molecule has 0 radical (unpaired) electrons. The number of piperazine rings is 1. The SMILES string of the molecule is O=C(C1CCN(C2=NS(=O)(=O)c3ccccc32)CC1)N1CCN(Cc2cccs2)CC1. The topological polar surface area (TPSA) is 73.3 Å². The molecular weight excluding hydrogens is 432 g/mol. The molecule has 164 valence electrons. The second kappa shape index (κ2) is 8.37. The molecule has 3 aliphatic rings. The molecule has 0 unspecified atom stereocenters. The van der Waals surface area contributed by atoms with Gasteiger partial charge in [0.05, 0.1) is 0 Å². The quantitative estimate of drug-likeness (QED) is 0.706. The van der Waals surface area contributed by atoms with Crippen molar-refractivity contribution < 1.29 is 13.2 Å². The van der Waals surface area contributed by atoms with Crippen LogP contribution in [-0.4, -0.2) is 74.1 Å². The number of hydrogen-bond donors (Lipinski definition) is 0. The number of hydrogen-bond acceptors (Lipinski definition) is 6. The summed E-state index contributed by atoms with van der Waals surface area (Å²) < 4.78 is 28.7. The zero-order chi connectivity index (χ0) is 21.4. The summed E-state index contributed by atoms with van der Waals surface area (Å²) in [4.78, 5) is 21.2. The first-order chi connectivity index (χ1) is 15.0. The molecule has 0 aliphatic carbocycles. The van der Waals surface area contributed by atoms with Crippen molar-refractivity contribution in [1.29, 1.82) is 0 Å². The maximum atomic E-state index is 13.1. The number of carbonyl (C=O) groups excluding carboxylic acids is 1. The highest BCUT2D eigenvalue weighted by Gasteiger charge is 2.35. The first-order valence-electron chi connectivity index (χ1n) is 10.7. The van der Waals surface area contributed by atoms with Gasteiger partial charge in [0.15, 0.2) is 5.84 Å². The Kier molecular flexibility index (Phi) is 5.58. The van der Waals surface area contributed by atoms with Crippen LogP contribution in [0.2, 0.25) is 0 Å². The van der Waals surface area contributed by atoms with Crippen LogP contribution in [0.4, 0.5) is 0 Å². The highest BCUT2D eigenvalue weighted by molar-refractivity contribution is 7.90. The molecule has 0 N–H and O–H groups in total. The van der Waals surface area contributed by atoms with Crippen molar-refractivity contribution in [2.45, 2.75) is 24.3 Å². The average Bonchev–Trinajstić information content (AvgIpc) is 3.40. The van der Waals surface area contributed by atoms with Crippen molar-refractivity contribution in [3.05, 3.63) is 52.2 Å². The van der Waals surface area contributed by atoms with E-state index in [0.717, 1.165) is 45.6 Å². The van der Waals surface area contributed by atoms with Crippen LogP contribution in [-0.2, 0) is 21.4 Å². The fourth-order valence-electron chi connectivity index (χ4n) is 4.66. The van der Waals surface area contributed by atoms with Gasteiger partial charge in [0.2, 0.25) is 5.91 Å². The first kappa shape index (κ1) is 20.7. The van der Waals surface area contributed by atoms with Gasteiger partial charge in [-0.15, -0.1) is 15.7 Å². The van der Waals surface area contributed by atoms with Crippen LogP contribution < -0.4 is 0 Å². The highest BCUT2D eigenvalue weighted by atomic mass is 32.2. The Labute approximate surface area is 187 Å². The van der Waals surface area contributed by atoms with Gasteiger partial charge in [0.25, 0.3) is 10.0 Å². The molecule has 1 aromatic carbocycles. The molecule has 0 spiro atoms. The lowest BCUT2D eigenvalue weighted by Gasteiger charge is -2.38. The van der Waals surface area contributed by atoms with Crippen LogP contribution in [0.3, 0.4) is 0 Å². The van der Waals surface area contributed by atoms with E-state index in [2.05, 4.69) is 26.8 Å². The second-order valence-electron chi connectivity index (χ2n) is 8.33. The minimum absolute atomic E-state index is 0.00829. The van der Waals surface area contributed by atoms with Gasteiger partial charge in [-0.25, -0.2) is 0 Å². The van der Waals surface area contributed by atoms with E-state index in [1.165, 1.54) is 4.88 Å². The molecule has 2 fully saturated rings. The van der Waals surface area contributed by atoms with Gasteiger partial charge in [0, 0.05) is 62.2 Å². The Morgan fingerprint density at radius 1 is 1.00 bits per heavy atom. The number of benzene rings is 1. The molecule has 7 nitrogen and oxygen atoms in total. The molecule has 31 heavy (non-hydrogen) atoms. The maximum absolute atomic E-state index is 13.1. The smallest absolute Gasteiger partial charge is 0.285 e. The highest BCUT2D eigenvalue weighted by Crippen LogP contribution is 2.30. The van der Waals surface area contributed by atoms with E-state index in [4.69, 9.17) is 0 Å². The van der Waals surface area contributed by atoms with E-state index >= 15 is 0 Å². The Morgan fingerprint density at radius 3 is 2.45 bits per heavy atom. The number of fused-ring (bicyclic) bond motifs is 1. The van der Waals surface area contributed by atoms with Gasteiger partial charge in [-0.1, -0.05) is 18.2 Å². The van der Waals surface area contributed by atoms with Crippen LogP contribution in [0.5, 0.6) is 0 Å². The standard InChI is InChI=1S/C22H26N4O3S2/c27-22(26-13-11-24(12-14-26)16-18-4-3-15-30-18)17-7-9-25(10-8-17)21-19-5-1-2-6-20(19)31(28,29)23-21/h1-6,15,17H,7-14,16H2. The predicted molar refractivity (Wildman–Crippen MR) is 121 cm³/mol. The van der Waals surface area contributed by atoms with Crippen LogP contribution in [0.25, 0.3) is 0 Å². The van der Waals surface area contributed by atoms with Gasteiger partial charge in [0.1, 0.15) is 4.90 Å². The van der Waals surface area contributed by atoms with E-state index in [-0.39, 0.29) is 16.7 Å². The fraction of sp³-hybridized carbons (Fsp3) is 0.455. The molecule has 1 aromatic heterocycles. The number of sulfonamides is 1. The minimum Gasteiger partial charge on any atom is -0.355 e. The molecule has 4 heterocycles. The zero-order valence-electron chi connectivity index (χ0n) is 17.3. The second-order valence-corrected chi connectivity index (χ2v) is 10.9. The van der Waals surface area contributed by atoms with Crippen molar-refractivity contribution in [3.63, 3.8) is 0 Å². The molecule has 0 bridgehead atoms. The Bertz CT molecular complexity index is 1080. The van der Waals surface area contributed by atoms with Gasteiger partial charge >= 0.3 is 0 Å². The number of carbonyl (C=O) groups is 1. The Morgan fingerprint density at radius 2 is 1.74 bits per heavy atom. The fourth-order valence-corrected chi connectivity index (χ4v) is 6.64. The van der Waals surface area contributed by atoms with Crippen molar-refractivity contribution in [1.82, 2.24) is 14.7 Å². The summed E-state index contributed by atoms with van der Waals surface area (Å²) in [5.74, 6) is 0.787. The van der Waals surface area contributed by atoms with Gasteiger partial charge in [-0.05, 0) is 36.4 Å². The third kappa shape index (κ3) is 4.14. The van der Waals surface area contributed by atoms with Crippen LogP contribution in [0, 0.1) is 5.92 Å². The molecule has 0 saturated carbocycles. The van der Waals surface area contributed by atoms with E-state index in [1.807, 2.05) is 21.9 Å². The van der Waals surface area contributed by atoms with Crippen molar-refractivity contribution in [2.24, 2.45) is 10.3 Å². The van der Waals surface area contributed by atoms with Crippen molar-refractivity contribution in [2.75, 3.05) is 39.3 Å². The average molecular weight is 459 g/mol. The number of amidine groups is 1. The van der Waals surface area contributed by atoms with Crippen LogP contribution in [0.1, 0.15) is 23.3 Å². The maximum Gasteiger partial charge on any atom is 0.285 e. The number of amides is 1. The van der Waals surface area contributed by atoms with E-state index < -0.39 is 10.0 Å². The molecule has 2 saturated heterocycles. The van der Waals surface area contributed by atoms with E-state index in [1.54, 1.807) is 23.5 Å². The first-order valence-corrected chi connectivity index (χ1v) is 13.1. The summed E-state index contributed by atoms with van der Waals surface area (Å²) in [6.07, 6.45) is 1.46. The zero-order valence-corrected chi connectivity index (χ0v) is 18.9. The molecule has 5 rings (SSSR count). The molecule has 2 aromatic rings. The van der Waals surface area contributed by atoms with Gasteiger partial charge < -0.3 is 9.80 Å². The lowest BCUT2D eigenvalue weighted by molar-refractivity contribution is -0.138. The number of rotatable bonds is 3. The van der Waals surface area contributed by atoms with Crippen LogP contribution in [0.15, 0.2) is 51.1 Å². The van der Waals surface area contributed by atoms with Crippen LogP contribution >= 0.6 is 11.3 Å². The summed E-state index contributed by atoms with van der Waals surface area (Å²) in [7, 11) is -3.61. The molecule has 0 atom stereocenters. The van der Waals surface area contributed by atoms with E-state index in [0.29, 0.717) is 24.5 Å². The largest absolute Gasteiger partial charge is 0.355 e. The summed E-state index contributed by atoms with van der Waals surface area (Å²) >= 11 is 1.78. The summed E-state index contributed by atoms with van der Waals surface area (Å²) in [5.41, 5.74) is 0.675. The lowest BCUT2D eigenvalue weighted by atomic mass is 9.94. The normalized spacial score (nSPS) is 21.7. The molecule has 9 heteroatoms. The number of piperidine rings is 1. The third-order valence-corrected chi connectivity index (χ3v) is 8.59. The van der Waals surface area contributed by atoms with Crippen molar-refractivity contribution in [3.8, 4) is 0 Å². The van der Waals surface area contributed by atoms with Crippen molar-refractivity contribution >= 4 is 33.1 Å². The summed E-state index contributed by atoms with van der Waals surface area (Å²) in [6.45, 7) is 5.65. The minimum atomic E-state index is -3.61. The number of thiophene rings is 1. The predicted octanol–water partition coefficient (Wildman–Crippen LogP) is 2.25. The lowest BCUT2D eigenvalue weighted by Crippen LogP contribution is -2.51. The number of likely N-dealkylation sites (tertiary alicyclic amines) is 1. The monoisotopic (exact) mass is 458 g/mol.